The Kier molecular flexibility index (Phi) is 7.23. The van der Waals surface area contributed by atoms with E-state index in [-0.39, 0.29) is 18.3 Å². The molecule has 112 valence electrons. The molecule has 4 heteroatoms. The number of hydrogen-bond acceptors (Lipinski definition) is 2. The van der Waals surface area contributed by atoms with Crippen LogP contribution in [0.15, 0.2) is 18.2 Å². The van der Waals surface area contributed by atoms with E-state index in [4.69, 9.17) is 0 Å². The van der Waals surface area contributed by atoms with Gasteiger partial charge in [0.25, 0.3) is 0 Å². The highest BCUT2D eigenvalue weighted by atomic mass is 19.1. The number of amides is 1. The molecule has 0 aliphatic carbocycles. The van der Waals surface area contributed by atoms with Crippen molar-refractivity contribution in [2.75, 3.05) is 25.0 Å². The van der Waals surface area contributed by atoms with Crippen LogP contribution in [-0.4, -0.2) is 26.0 Å². The van der Waals surface area contributed by atoms with Crippen molar-refractivity contribution in [2.45, 2.75) is 39.5 Å². The van der Waals surface area contributed by atoms with Gasteiger partial charge in [0.2, 0.25) is 5.91 Å². The molecular formula is C16H25FN2O. The van der Waals surface area contributed by atoms with Crippen LogP contribution < -0.4 is 10.2 Å². The minimum atomic E-state index is -0.283. The molecule has 1 aromatic rings. The summed E-state index contributed by atoms with van der Waals surface area (Å²) in [7, 11) is 1.67. The Bertz CT molecular complexity index is 434. The van der Waals surface area contributed by atoms with E-state index >= 15 is 0 Å². The van der Waals surface area contributed by atoms with Gasteiger partial charge in [0.15, 0.2) is 0 Å². The van der Waals surface area contributed by atoms with Crippen LogP contribution in [0.2, 0.25) is 0 Å². The molecule has 3 nitrogen and oxygen atoms in total. The predicted molar refractivity (Wildman–Crippen MR) is 81.6 cm³/mol. The Morgan fingerprint density at radius 1 is 1.30 bits per heavy atom. The minimum Gasteiger partial charge on any atom is -0.314 e. The molecule has 1 rings (SSSR count). The predicted octanol–water partition coefficient (Wildman–Crippen LogP) is 3.27. The molecule has 0 unspecified atom stereocenters. The average molecular weight is 280 g/mol. The molecule has 1 N–H and O–H groups in total. The molecule has 0 heterocycles. The lowest BCUT2D eigenvalue weighted by atomic mass is 10.2. The SMILES string of the molecule is CCCCCCNCC(=O)N(C)c1ccc(C)c(F)c1. The quantitative estimate of drug-likeness (QED) is 0.741. The summed E-state index contributed by atoms with van der Waals surface area (Å²) in [6, 6.07) is 4.85. The van der Waals surface area contributed by atoms with Gasteiger partial charge in [-0.25, -0.2) is 4.39 Å². The van der Waals surface area contributed by atoms with Crippen molar-refractivity contribution >= 4 is 11.6 Å². The van der Waals surface area contributed by atoms with Gasteiger partial charge in [-0.05, 0) is 37.6 Å². The Hall–Kier alpha value is -1.42. The molecular weight excluding hydrogens is 255 g/mol. The molecule has 0 saturated carbocycles. The summed E-state index contributed by atoms with van der Waals surface area (Å²) in [5.74, 6) is -0.335. The summed E-state index contributed by atoms with van der Waals surface area (Å²) < 4.78 is 13.5. The van der Waals surface area contributed by atoms with Crippen molar-refractivity contribution < 1.29 is 9.18 Å². The lowest BCUT2D eigenvalue weighted by Gasteiger charge is -2.18. The molecule has 0 radical (unpaired) electrons. The lowest BCUT2D eigenvalue weighted by Crippen LogP contribution is -2.36. The number of rotatable bonds is 8. The molecule has 20 heavy (non-hydrogen) atoms. The number of carbonyl (C=O) groups excluding carboxylic acids is 1. The van der Waals surface area contributed by atoms with Gasteiger partial charge < -0.3 is 10.2 Å². The van der Waals surface area contributed by atoms with E-state index in [0.29, 0.717) is 11.3 Å². The fourth-order valence-electron chi connectivity index (χ4n) is 1.93. The maximum atomic E-state index is 13.5. The summed E-state index contributed by atoms with van der Waals surface area (Å²) in [4.78, 5) is 13.5. The number of nitrogens with zero attached hydrogens (tertiary/aromatic N) is 1. The number of aryl methyl sites for hydroxylation is 1. The zero-order valence-corrected chi connectivity index (χ0v) is 12.7. The second-order valence-electron chi connectivity index (χ2n) is 5.12. The Morgan fingerprint density at radius 3 is 2.70 bits per heavy atom. The van der Waals surface area contributed by atoms with Gasteiger partial charge >= 0.3 is 0 Å². The van der Waals surface area contributed by atoms with Gasteiger partial charge in [-0.3, -0.25) is 4.79 Å². The van der Waals surface area contributed by atoms with Crippen LogP contribution in [0.5, 0.6) is 0 Å². The first-order valence-electron chi connectivity index (χ1n) is 7.29. The highest BCUT2D eigenvalue weighted by Crippen LogP contribution is 2.17. The maximum Gasteiger partial charge on any atom is 0.240 e. The van der Waals surface area contributed by atoms with E-state index < -0.39 is 0 Å². The summed E-state index contributed by atoms with van der Waals surface area (Å²) >= 11 is 0. The summed E-state index contributed by atoms with van der Waals surface area (Å²) in [6.45, 7) is 5.02. The molecule has 0 aliphatic heterocycles. The highest BCUT2D eigenvalue weighted by molar-refractivity contribution is 5.94. The van der Waals surface area contributed by atoms with Gasteiger partial charge in [0.05, 0.1) is 6.54 Å². The van der Waals surface area contributed by atoms with E-state index in [9.17, 15) is 9.18 Å². The van der Waals surface area contributed by atoms with Crippen LogP contribution in [0, 0.1) is 12.7 Å². The van der Waals surface area contributed by atoms with Crippen molar-refractivity contribution in [1.82, 2.24) is 5.32 Å². The highest BCUT2D eigenvalue weighted by Gasteiger charge is 2.11. The molecule has 0 atom stereocenters. The van der Waals surface area contributed by atoms with Crippen molar-refractivity contribution in [1.29, 1.82) is 0 Å². The van der Waals surface area contributed by atoms with E-state index in [1.807, 2.05) is 0 Å². The number of benzene rings is 1. The number of halogens is 1. The summed E-state index contributed by atoms with van der Waals surface area (Å²) in [6.07, 6.45) is 4.72. The molecule has 0 fully saturated rings. The van der Waals surface area contributed by atoms with Gasteiger partial charge in [0.1, 0.15) is 5.82 Å². The van der Waals surface area contributed by atoms with Gasteiger partial charge in [-0.1, -0.05) is 32.3 Å². The van der Waals surface area contributed by atoms with Crippen molar-refractivity contribution in [2.24, 2.45) is 0 Å². The lowest BCUT2D eigenvalue weighted by molar-refractivity contribution is -0.117. The fourth-order valence-corrected chi connectivity index (χ4v) is 1.93. The largest absolute Gasteiger partial charge is 0.314 e. The van der Waals surface area contributed by atoms with Gasteiger partial charge in [0, 0.05) is 12.7 Å². The number of unbranched alkanes of at least 4 members (excludes halogenated alkanes) is 3. The van der Waals surface area contributed by atoms with E-state index in [0.717, 1.165) is 13.0 Å². The van der Waals surface area contributed by atoms with Crippen molar-refractivity contribution in [3.63, 3.8) is 0 Å². The van der Waals surface area contributed by atoms with Crippen LogP contribution in [-0.2, 0) is 4.79 Å². The molecule has 0 aromatic heterocycles. The fraction of sp³-hybridized carbons (Fsp3) is 0.562. The Labute approximate surface area is 121 Å². The minimum absolute atomic E-state index is 0.0521. The summed E-state index contributed by atoms with van der Waals surface area (Å²) in [5.41, 5.74) is 1.18. The number of anilines is 1. The number of nitrogens with one attached hydrogen (secondary N) is 1. The van der Waals surface area contributed by atoms with Crippen LogP contribution in [0.25, 0.3) is 0 Å². The zero-order chi connectivity index (χ0) is 15.0. The van der Waals surface area contributed by atoms with E-state index in [2.05, 4.69) is 12.2 Å². The van der Waals surface area contributed by atoms with Gasteiger partial charge in [-0.2, -0.15) is 0 Å². The molecule has 1 amide bonds. The molecule has 0 saturated heterocycles. The number of likely N-dealkylation sites (N-methyl/N-ethyl adjacent to an activating group) is 1. The molecule has 1 aromatic carbocycles. The van der Waals surface area contributed by atoms with Crippen LogP contribution in [0.1, 0.15) is 38.2 Å². The molecule has 0 spiro atoms. The average Bonchev–Trinajstić information content (AvgIpc) is 2.44. The molecule has 0 bridgehead atoms. The molecule has 0 aliphatic rings. The Balaban J connectivity index is 2.37. The van der Waals surface area contributed by atoms with Crippen molar-refractivity contribution in [3.05, 3.63) is 29.6 Å². The maximum absolute atomic E-state index is 13.5. The first kappa shape index (κ1) is 16.6. The second-order valence-corrected chi connectivity index (χ2v) is 5.12. The zero-order valence-electron chi connectivity index (χ0n) is 12.7. The van der Waals surface area contributed by atoms with Crippen molar-refractivity contribution in [3.8, 4) is 0 Å². The second kappa shape index (κ2) is 8.69. The van der Waals surface area contributed by atoms with Gasteiger partial charge in [-0.15, -0.1) is 0 Å². The van der Waals surface area contributed by atoms with E-state index in [1.165, 1.54) is 30.2 Å². The topological polar surface area (TPSA) is 32.3 Å². The third kappa shape index (κ3) is 5.29. The first-order chi connectivity index (χ1) is 9.56. The third-order valence-electron chi connectivity index (χ3n) is 3.40. The van der Waals surface area contributed by atoms with Crippen LogP contribution >= 0.6 is 0 Å². The number of hydrogen-bond donors (Lipinski definition) is 1. The monoisotopic (exact) mass is 280 g/mol. The van der Waals surface area contributed by atoms with Crippen LogP contribution in [0.4, 0.5) is 10.1 Å². The summed E-state index contributed by atoms with van der Waals surface area (Å²) in [5, 5.41) is 3.14. The van der Waals surface area contributed by atoms with E-state index in [1.54, 1.807) is 26.1 Å². The standard InChI is InChI=1S/C16H25FN2O/c1-4-5-6-7-10-18-12-16(20)19(3)14-9-8-13(2)15(17)11-14/h8-9,11,18H,4-7,10,12H2,1-3H3. The smallest absolute Gasteiger partial charge is 0.240 e. The third-order valence-corrected chi connectivity index (χ3v) is 3.40. The first-order valence-corrected chi connectivity index (χ1v) is 7.29. The normalized spacial score (nSPS) is 10.6. The Morgan fingerprint density at radius 2 is 2.05 bits per heavy atom. The van der Waals surface area contributed by atoms with Crippen LogP contribution in [0.3, 0.4) is 0 Å². The number of carbonyl (C=O) groups is 1.